The fourth-order valence-electron chi connectivity index (χ4n) is 4.38. The molecule has 1 aliphatic rings. The Morgan fingerprint density at radius 1 is 1.19 bits per heavy atom. The monoisotopic (exact) mass is 452 g/mol. The number of benzene rings is 1. The number of piperidine rings is 1. The molecule has 0 spiro atoms. The quantitative estimate of drug-likeness (QED) is 0.594. The number of carbonyl (C=O) groups excluding carboxylic acids is 2. The van der Waals surface area contributed by atoms with Crippen LogP contribution < -0.4 is 5.56 Å². The smallest absolute Gasteiger partial charge is 0.264 e. The minimum absolute atomic E-state index is 0.0396. The minimum Gasteiger partial charge on any atom is -0.338 e. The van der Waals surface area contributed by atoms with Gasteiger partial charge >= 0.3 is 0 Å². The molecule has 1 fully saturated rings. The van der Waals surface area contributed by atoms with E-state index in [2.05, 4.69) is 11.9 Å². The highest BCUT2D eigenvalue weighted by molar-refractivity contribution is 7.20. The van der Waals surface area contributed by atoms with Crippen LogP contribution in [0.3, 0.4) is 0 Å². The van der Waals surface area contributed by atoms with Crippen molar-refractivity contribution < 1.29 is 9.59 Å². The lowest BCUT2D eigenvalue weighted by Crippen LogP contribution is -2.49. The van der Waals surface area contributed by atoms with Crippen molar-refractivity contribution in [2.45, 2.75) is 39.2 Å². The van der Waals surface area contributed by atoms with E-state index < -0.39 is 0 Å². The molecule has 0 atom stereocenters. The second-order valence-electron chi connectivity index (χ2n) is 8.28. The highest BCUT2D eigenvalue weighted by atomic mass is 32.1. The van der Waals surface area contributed by atoms with Crippen molar-refractivity contribution >= 4 is 33.4 Å². The highest BCUT2D eigenvalue weighted by Crippen LogP contribution is 2.30. The average molecular weight is 453 g/mol. The first-order valence-electron chi connectivity index (χ1n) is 11.0. The van der Waals surface area contributed by atoms with Crippen LogP contribution in [0, 0.1) is 6.92 Å². The fourth-order valence-corrected chi connectivity index (χ4v) is 5.47. The molecule has 0 N–H and O–H groups in total. The average Bonchev–Trinajstić information content (AvgIpc) is 3.16. The van der Waals surface area contributed by atoms with Gasteiger partial charge in [-0.15, -0.1) is 11.3 Å². The van der Waals surface area contributed by atoms with Crippen molar-refractivity contribution in [2.24, 2.45) is 7.05 Å². The lowest BCUT2D eigenvalue weighted by Gasteiger charge is -2.38. The van der Waals surface area contributed by atoms with Gasteiger partial charge in [-0.2, -0.15) is 0 Å². The van der Waals surface area contributed by atoms with Crippen LogP contribution >= 0.6 is 11.3 Å². The van der Waals surface area contributed by atoms with Gasteiger partial charge in [-0.25, -0.2) is 4.98 Å². The molecular weight excluding hydrogens is 424 g/mol. The topological polar surface area (TPSA) is 75.5 Å². The van der Waals surface area contributed by atoms with Gasteiger partial charge in [0.15, 0.2) is 0 Å². The second kappa shape index (κ2) is 9.24. The first-order valence-corrected chi connectivity index (χ1v) is 11.8. The van der Waals surface area contributed by atoms with Crippen LogP contribution in [0.25, 0.3) is 10.2 Å². The zero-order valence-corrected chi connectivity index (χ0v) is 19.5. The van der Waals surface area contributed by atoms with Crippen LogP contribution in [0.1, 0.15) is 51.8 Å². The van der Waals surface area contributed by atoms with Crippen molar-refractivity contribution in [1.82, 2.24) is 19.4 Å². The lowest BCUT2D eigenvalue weighted by atomic mass is 10.0. The Balaban J connectivity index is 1.53. The number of aromatic nitrogens is 2. The molecule has 1 aromatic carbocycles. The van der Waals surface area contributed by atoms with Crippen molar-refractivity contribution in [3.8, 4) is 0 Å². The van der Waals surface area contributed by atoms with E-state index in [1.165, 1.54) is 22.2 Å². The third-order valence-corrected chi connectivity index (χ3v) is 7.33. The number of hydrogen-bond donors (Lipinski definition) is 0. The highest BCUT2D eigenvalue weighted by Gasteiger charge is 2.32. The molecule has 4 rings (SSSR count). The van der Waals surface area contributed by atoms with E-state index >= 15 is 0 Å². The van der Waals surface area contributed by atoms with Gasteiger partial charge in [-0.1, -0.05) is 25.1 Å². The van der Waals surface area contributed by atoms with Gasteiger partial charge in [0.25, 0.3) is 17.4 Å². The molecule has 32 heavy (non-hydrogen) atoms. The molecule has 168 valence electrons. The number of carbonyl (C=O) groups is 2. The molecule has 2 amide bonds. The Morgan fingerprint density at radius 3 is 2.53 bits per heavy atom. The molecule has 0 unspecified atom stereocenters. The van der Waals surface area contributed by atoms with E-state index in [9.17, 15) is 14.4 Å². The SMILES string of the molecule is CCCN(C(=O)c1sc2ncn(C)c(=O)c2c1C)C1CCN(C(=O)c2ccccc2)CC1. The maximum atomic E-state index is 13.6. The van der Waals surface area contributed by atoms with Gasteiger partial charge in [-0.3, -0.25) is 14.4 Å². The zero-order valence-electron chi connectivity index (χ0n) is 18.7. The normalized spacial score (nSPS) is 14.7. The number of hydrogen-bond acceptors (Lipinski definition) is 5. The van der Waals surface area contributed by atoms with E-state index in [1.54, 1.807) is 7.05 Å². The van der Waals surface area contributed by atoms with E-state index in [1.807, 2.05) is 47.1 Å². The summed E-state index contributed by atoms with van der Waals surface area (Å²) in [6, 6.07) is 9.39. The van der Waals surface area contributed by atoms with Gasteiger partial charge in [0.2, 0.25) is 0 Å². The van der Waals surface area contributed by atoms with Crippen LogP contribution in [-0.2, 0) is 7.05 Å². The summed E-state index contributed by atoms with van der Waals surface area (Å²) < 4.78 is 1.44. The summed E-state index contributed by atoms with van der Waals surface area (Å²) in [7, 11) is 1.67. The van der Waals surface area contributed by atoms with Crippen molar-refractivity contribution in [3.05, 3.63) is 63.0 Å². The molecule has 2 aromatic heterocycles. The van der Waals surface area contributed by atoms with E-state index in [0.717, 1.165) is 19.3 Å². The maximum Gasteiger partial charge on any atom is 0.264 e. The van der Waals surface area contributed by atoms with Gasteiger partial charge in [0, 0.05) is 38.3 Å². The summed E-state index contributed by atoms with van der Waals surface area (Å²) in [5.41, 5.74) is 1.28. The predicted octanol–water partition coefficient (Wildman–Crippen LogP) is 3.46. The van der Waals surface area contributed by atoms with Gasteiger partial charge in [0.05, 0.1) is 16.6 Å². The first-order chi connectivity index (χ1) is 15.4. The Bertz CT molecular complexity index is 1190. The van der Waals surface area contributed by atoms with Crippen LogP contribution in [0.4, 0.5) is 0 Å². The van der Waals surface area contributed by atoms with E-state index in [-0.39, 0.29) is 23.4 Å². The van der Waals surface area contributed by atoms with E-state index in [4.69, 9.17) is 0 Å². The summed E-state index contributed by atoms with van der Waals surface area (Å²) in [6.45, 7) is 5.79. The van der Waals surface area contributed by atoms with Crippen molar-refractivity contribution in [3.63, 3.8) is 0 Å². The molecule has 0 saturated carbocycles. The molecule has 0 radical (unpaired) electrons. The number of fused-ring (bicyclic) bond motifs is 1. The first kappa shape index (κ1) is 22.2. The number of thiophene rings is 1. The number of rotatable bonds is 5. The van der Waals surface area contributed by atoms with Crippen molar-refractivity contribution in [2.75, 3.05) is 19.6 Å². The van der Waals surface area contributed by atoms with Gasteiger partial charge < -0.3 is 14.4 Å². The number of likely N-dealkylation sites (tertiary alicyclic amines) is 1. The summed E-state index contributed by atoms with van der Waals surface area (Å²) in [6.07, 6.45) is 3.83. The zero-order chi connectivity index (χ0) is 22.8. The Morgan fingerprint density at radius 2 is 1.88 bits per heavy atom. The minimum atomic E-state index is -0.127. The number of aryl methyl sites for hydroxylation is 2. The summed E-state index contributed by atoms with van der Waals surface area (Å²) >= 11 is 1.30. The molecule has 1 aliphatic heterocycles. The largest absolute Gasteiger partial charge is 0.338 e. The molecule has 1 saturated heterocycles. The van der Waals surface area contributed by atoms with Crippen LogP contribution in [0.15, 0.2) is 41.5 Å². The molecule has 3 heterocycles. The number of amides is 2. The predicted molar refractivity (Wildman–Crippen MR) is 126 cm³/mol. The molecule has 0 bridgehead atoms. The lowest BCUT2D eigenvalue weighted by molar-refractivity contribution is 0.0522. The molecule has 8 heteroatoms. The Hall–Kier alpha value is -3.00. The second-order valence-corrected chi connectivity index (χ2v) is 9.28. The third kappa shape index (κ3) is 4.07. The standard InChI is InChI=1S/C24H28N4O3S/c1-4-12-28(18-10-13-27(14-11-18)22(29)17-8-6-5-7-9-17)24(31)20-16(2)19-21(32-20)25-15-26(3)23(19)30/h5-9,15,18H,4,10-14H2,1-3H3. The summed E-state index contributed by atoms with van der Waals surface area (Å²) in [5, 5.41) is 0.531. The van der Waals surface area contributed by atoms with Crippen LogP contribution in [0.2, 0.25) is 0 Å². The molecule has 3 aromatic rings. The summed E-state index contributed by atoms with van der Waals surface area (Å²) in [4.78, 5) is 48.3. The van der Waals surface area contributed by atoms with Crippen molar-refractivity contribution in [1.29, 1.82) is 0 Å². The Kier molecular flexibility index (Phi) is 6.41. The number of nitrogens with zero attached hydrogens (tertiary/aromatic N) is 4. The fraction of sp³-hybridized carbons (Fsp3) is 0.417. The Labute approximate surface area is 191 Å². The summed E-state index contributed by atoms with van der Waals surface area (Å²) in [5.74, 6) is 0.00178. The van der Waals surface area contributed by atoms with Crippen LogP contribution in [0.5, 0.6) is 0 Å². The van der Waals surface area contributed by atoms with E-state index in [0.29, 0.717) is 45.9 Å². The van der Waals surface area contributed by atoms with Gasteiger partial charge in [0.1, 0.15) is 4.83 Å². The van der Waals surface area contributed by atoms with Gasteiger partial charge in [-0.05, 0) is 43.9 Å². The maximum absolute atomic E-state index is 13.6. The third-order valence-electron chi connectivity index (χ3n) is 6.14. The molecular formula is C24H28N4O3S. The van der Waals surface area contributed by atoms with Crippen LogP contribution in [-0.4, -0.2) is 56.8 Å². The molecule has 7 nitrogen and oxygen atoms in total. The molecule has 0 aliphatic carbocycles.